The third-order valence-corrected chi connectivity index (χ3v) is 1.44. The highest BCUT2D eigenvalue weighted by atomic mass is 16.4. The Hall–Kier alpha value is -0.930. The molecule has 76 valence electrons. The van der Waals surface area contributed by atoms with Crippen LogP contribution in [0, 0.1) is 0 Å². The van der Waals surface area contributed by atoms with Gasteiger partial charge in [0.05, 0.1) is 0 Å². The summed E-state index contributed by atoms with van der Waals surface area (Å²) in [6, 6.07) is 0. The van der Waals surface area contributed by atoms with Crippen molar-refractivity contribution >= 4 is 6.29 Å². The van der Waals surface area contributed by atoms with Gasteiger partial charge >= 0.3 is 0 Å². The molecule has 0 aromatic rings. The molecule has 0 saturated carbocycles. The van der Waals surface area contributed by atoms with Crippen LogP contribution in [0.3, 0.4) is 0 Å². The van der Waals surface area contributed by atoms with Crippen molar-refractivity contribution in [3.8, 4) is 0 Å². The molecule has 0 saturated heterocycles. The van der Waals surface area contributed by atoms with E-state index in [0.29, 0.717) is 0 Å². The number of carbonyl (C=O) groups excluding carboxylic acids is 1. The highest BCUT2D eigenvalue weighted by molar-refractivity contribution is 5.65. The Morgan fingerprint density at radius 3 is 2.23 bits per heavy atom. The monoisotopic (exact) mass is 185 g/mol. The summed E-state index contributed by atoms with van der Waals surface area (Å²) < 4.78 is 0. The van der Waals surface area contributed by atoms with Gasteiger partial charge in [0.1, 0.15) is 6.29 Å². The first-order valence-electron chi connectivity index (χ1n) is 4.17. The van der Waals surface area contributed by atoms with Crippen LogP contribution in [0.15, 0.2) is 23.3 Å². The summed E-state index contributed by atoms with van der Waals surface area (Å²) in [6.45, 7) is 6.14. The molecule has 0 fully saturated rings. The van der Waals surface area contributed by atoms with Crippen LogP contribution in [0.1, 0.15) is 33.6 Å². The molecule has 3 N–H and O–H groups in total. The fourth-order valence-electron chi connectivity index (χ4n) is 0.788. The summed E-state index contributed by atoms with van der Waals surface area (Å²) in [6.07, 6.45) is 6.68. The minimum atomic E-state index is 0.845. The molecule has 0 bridgehead atoms. The molecule has 3 heteroatoms. The number of carbonyl (C=O) groups is 1. The molecular weight excluding hydrogens is 166 g/mol. The standard InChI is InChI=1S/C10H16O.H3NO/c1-9(2)5-4-6-10(3)7-8-11;1-2/h5,7-8H,4,6H2,1-3H3;2H,1H2. The molecule has 0 aliphatic carbocycles. The van der Waals surface area contributed by atoms with E-state index in [1.54, 1.807) is 6.08 Å². The van der Waals surface area contributed by atoms with Crippen molar-refractivity contribution in [3.05, 3.63) is 23.3 Å². The smallest absolute Gasteiger partial charge is 0.142 e. The Morgan fingerprint density at radius 2 is 1.85 bits per heavy atom. The van der Waals surface area contributed by atoms with Crippen LogP contribution in [0.2, 0.25) is 0 Å². The first kappa shape index (κ1) is 14.6. The number of allylic oxidation sites excluding steroid dienone is 4. The van der Waals surface area contributed by atoms with Gasteiger partial charge in [0.2, 0.25) is 0 Å². The normalized spacial score (nSPS) is 9.77. The molecule has 0 heterocycles. The van der Waals surface area contributed by atoms with Crippen LogP contribution in [0.25, 0.3) is 0 Å². The largest absolute Gasteiger partial charge is 0.320 e. The minimum absolute atomic E-state index is 0.845. The molecule has 0 spiro atoms. The van der Waals surface area contributed by atoms with Crippen molar-refractivity contribution in [1.29, 1.82) is 0 Å². The van der Waals surface area contributed by atoms with Gasteiger partial charge in [-0.05, 0) is 39.7 Å². The Labute approximate surface area is 79.9 Å². The van der Waals surface area contributed by atoms with Crippen molar-refractivity contribution in [3.63, 3.8) is 0 Å². The van der Waals surface area contributed by atoms with Gasteiger partial charge in [-0.3, -0.25) is 4.79 Å². The lowest BCUT2D eigenvalue weighted by molar-refractivity contribution is -0.104. The molecule has 0 unspecified atom stereocenters. The first-order chi connectivity index (χ1) is 6.16. The maximum Gasteiger partial charge on any atom is 0.142 e. The molecule has 3 nitrogen and oxygen atoms in total. The van der Waals surface area contributed by atoms with E-state index in [0.717, 1.165) is 24.7 Å². The number of hydrogen-bond donors (Lipinski definition) is 2. The number of hydrogen-bond acceptors (Lipinski definition) is 3. The molecule has 0 aliphatic heterocycles. The van der Waals surface area contributed by atoms with E-state index in [4.69, 9.17) is 5.21 Å². The second-order valence-corrected chi connectivity index (χ2v) is 2.97. The fourth-order valence-corrected chi connectivity index (χ4v) is 0.788. The minimum Gasteiger partial charge on any atom is -0.320 e. The summed E-state index contributed by atoms with van der Waals surface area (Å²) in [5.74, 6) is 3.50. The van der Waals surface area contributed by atoms with E-state index in [1.165, 1.54) is 5.57 Å². The zero-order valence-corrected chi connectivity index (χ0v) is 8.58. The van der Waals surface area contributed by atoms with Crippen LogP contribution in [0.4, 0.5) is 0 Å². The van der Waals surface area contributed by atoms with Crippen LogP contribution in [0.5, 0.6) is 0 Å². The summed E-state index contributed by atoms with van der Waals surface area (Å²) in [5.41, 5.74) is 2.49. The number of nitrogens with two attached hydrogens (primary N) is 1. The third kappa shape index (κ3) is 14.0. The van der Waals surface area contributed by atoms with Crippen molar-refractivity contribution in [2.75, 3.05) is 0 Å². The molecule has 0 aromatic heterocycles. The first-order valence-corrected chi connectivity index (χ1v) is 4.17. The van der Waals surface area contributed by atoms with Gasteiger partial charge in [-0.1, -0.05) is 17.2 Å². The number of aldehydes is 1. The molecular formula is C10H19NO2. The average molecular weight is 185 g/mol. The van der Waals surface area contributed by atoms with E-state index >= 15 is 0 Å². The van der Waals surface area contributed by atoms with Crippen LogP contribution >= 0.6 is 0 Å². The summed E-state index contributed by atoms with van der Waals surface area (Å²) >= 11 is 0. The molecule has 0 radical (unpaired) electrons. The molecule has 0 aliphatic rings. The maximum absolute atomic E-state index is 10.0. The molecule has 0 rings (SSSR count). The van der Waals surface area contributed by atoms with Gasteiger partial charge in [-0.2, -0.15) is 0 Å². The molecule has 13 heavy (non-hydrogen) atoms. The number of rotatable bonds is 4. The van der Waals surface area contributed by atoms with Crippen molar-refractivity contribution in [2.45, 2.75) is 33.6 Å². The second-order valence-electron chi connectivity index (χ2n) is 2.97. The van der Waals surface area contributed by atoms with Crippen LogP contribution in [-0.2, 0) is 4.79 Å². The third-order valence-electron chi connectivity index (χ3n) is 1.44. The Balaban J connectivity index is 0. The highest BCUT2D eigenvalue weighted by Gasteiger charge is 1.86. The predicted molar refractivity (Wildman–Crippen MR) is 54.5 cm³/mol. The SMILES string of the molecule is CC(C)=CCCC(C)=CC=O.NO. The van der Waals surface area contributed by atoms with Gasteiger partial charge in [-0.25, -0.2) is 5.90 Å². The quantitative estimate of drug-likeness (QED) is 0.305. The van der Waals surface area contributed by atoms with Crippen molar-refractivity contribution < 1.29 is 10.0 Å². The molecule has 0 amide bonds. The second kappa shape index (κ2) is 11.1. The van der Waals surface area contributed by atoms with Gasteiger partial charge < -0.3 is 5.21 Å². The fraction of sp³-hybridized carbons (Fsp3) is 0.500. The zero-order valence-electron chi connectivity index (χ0n) is 8.58. The van der Waals surface area contributed by atoms with E-state index in [-0.39, 0.29) is 0 Å². The van der Waals surface area contributed by atoms with Crippen LogP contribution in [-0.4, -0.2) is 11.5 Å². The molecule has 0 aromatic carbocycles. The Morgan fingerprint density at radius 1 is 1.31 bits per heavy atom. The lowest BCUT2D eigenvalue weighted by atomic mass is 10.1. The van der Waals surface area contributed by atoms with Gasteiger partial charge in [-0.15, -0.1) is 0 Å². The lowest BCUT2D eigenvalue weighted by Crippen LogP contribution is -1.77. The summed E-state index contributed by atoms with van der Waals surface area (Å²) in [5, 5.41) is 6.50. The predicted octanol–water partition coefficient (Wildman–Crippen LogP) is 2.21. The van der Waals surface area contributed by atoms with E-state index in [1.807, 2.05) is 6.92 Å². The molecule has 0 atom stereocenters. The van der Waals surface area contributed by atoms with E-state index < -0.39 is 0 Å². The van der Waals surface area contributed by atoms with Crippen LogP contribution < -0.4 is 5.90 Å². The van der Waals surface area contributed by atoms with Crippen molar-refractivity contribution in [1.82, 2.24) is 0 Å². The van der Waals surface area contributed by atoms with Gasteiger partial charge in [0.25, 0.3) is 0 Å². The van der Waals surface area contributed by atoms with E-state index in [9.17, 15) is 4.79 Å². The highest BCUT2D eigenvalue weighted by Crippen LogP contribution is 2.05. The Kier molecular flexibility index (Phi) is 12.4. The van der Waals surface area contributed by atoms with Gasteiger partial charge in [0.15, 0.2) is 0 Å². The Bertz CT molecular complexity index is 179. The van der Waals surface area contributed by atoms with Crippen molar-refractivity contribution in [2.24, 2.45) is 5.90 Å². The summed E-state index contributed by atoms with van der Waals surface area (Å²) in [4.78, 5) is 10.0. The van der Waals surface area contributed by atoms with Gasteiger partial charge in [0, 0.05) is 0 Å². The zero-order chi connectivity index (χ0) is 10.7. The average Bonchev–Trinajstić information content (AvgIpc) is 2.08. The lowest BCUT2D eigenvalue weighted by Gasteiger charge is -1.94. The maximum atomic E-state index is 10.0. The van der Waals surface area contributed by atoms with E-state index in [2.05, 4.69) is 25.8 Å². The summed E-state index contributed by atoms with van der Waals surface area (Å²) in [7, 11) is 0. The topological polar surface area (TPSA) is 63.3 Å².